The molecule has 142 valence electrons. The van der Waals surface area contributed by atoms with Gasteiger partial charge in [-0.1, -0.05) is 54.6 Å². The molecule has 0 aliphatic carbocycles. The Hall–Kier alpha value is -3.21. The second-order valence-corrected chi connectivity index (χ2v) is 7.13. The van der Waals surface area contributed by atoms with E-state index in [1.807, 2.05) is 25.1 Å². The first-order valence-electron chi connectivity index (χ1n) is 9.68. The maximum atomic E-state index is 12.6. The fourth-order valence-corrected chi connectivity index (χ4v) is 3.53. The number of aromatic nitrogens is 2. The summed E-state index contributed by atoms with van der Waals surface area (Å²) in [5.41, 5.74) is 5.11. The first kappa shape index (κ1) is 18.2. The van der Waals surface area contributed by atoms with Crippen LogP contribution in [0, 0.1) is 6.92 Å². The van der Waals surface area contributed by atoms with Crippen molar-refractivity contribution in [2.75, 3.05) is 18.0 Å². The van der Waals surface area contributed by atoms with E-state index in [1.165, 1.54) is 16.7 Å². The highest BCUT2D eigenvalue weighted by molar-refractivity contribution is 5.92. The highest BCUT2D eigenvalue weighted by Gasteiger charge is 2.20. The summed E-state index contributed by atoms with van der Waals surface area (Å²) in [6.45, 7) is 4.12. The largest absolute Gasteiger partial charge is 0.350 e. The summed E-state index contributed by atoms with van der Waals surface area (Å²) in [7, 11) is 0. The number of hydrogen-bond acceptors (Lipinski definition) is 4. The molecule has 2 aromatic carbocycles. The van der Waals surface area contributed by atoms with Crippen molar-refractivity contribution in [3.8, 4) is 0 Å². The van der Waals surface area contributed by atoms with Gasteiger partial charge in [0.25, 0.3) is 5.91 Å². The zero-order valence-electron chi connectivity index (χ0n) is 16.1. The molecule has 0 atom stereocenters. The van der Waals surface area contributed by atoms with Crippen molar-refractivity contribution in [1.29, 1.82) is 0 Å². The maximum Gasteiger partial charge on any atom is 0.270 e. The van der Waals surface area contributed by atoms with Gasteiger partial charge in [-0.3, -0.25) is 4.79 Å². The van der Waals surface area contributed by atoms with Crippen LogP contribution in [0.5, 0.6) is 0 Å². The van der Waals surface area contributed by atoms with Gasteiger partial charge in [0.2, 0.25) is 5.95 Å². The van der Waals surface area contributed by atoms with Crippen molar-refractivity contribution < 1.29 is 4.79 Å². The van der Waals surface area contributed by atoms with E-state index in [0.29, 0.717) is 18.2 Å². The van der Waals surface area contributed by atoms with Gasteiger partial charge in [-0.15, -0.1) is 0 Å². The van der Waals surface area contributed by atoms with Gasteiger partial charge >= 0.3 is 0 Å². The molecule has 0 fully saturated rings. The molecular weight excluding hydrogens is 348 g/mol. The van der Waals surface area contributed by atoms with Crippen LogP contribution in [0.25, 0.3) is 0 Å². The van der Waals surface area contributed by atoms with Gasteiger partial charge in [-0.25, -0.2) is 9.97 Å². The lowest BCUT2D eigenvalue weighted by atomic mass is 10.0. The Kier molecular flexibility index (Phi) is 5.33. The van der Waals surface area contributed by atoms with E-state index in [4.69, 9.17) is 0 Å². The van der Waals surface area contributed by atoms with Crippen molar-refractivity contribution in [2.24, 2.45) is 0 Å². The summed E-state index contributed by atoms with van der Waals surface area (Å²) >= 11 is 0. The summed E-state index contributed by atoms with van der Waals surface area (Å²) < 4.78 is 0. The van der Waals surface area contributed by atoms with Crippen molar-refractivity contribution in [3.05, 3.63) is 88.7 Å². The molecule has 0 saturated carbocycles. The fourth-order valence-electron chi connectivity index (χ4n) is 3.53. The number of nitrogens with zero attached hydrogens (tertiary/aromatic N) is 3. The second-order valence-electron chi connectivity index (χ2n) is 7.13. The van der Waals surface area contributed by atoms with E-state index in [-0.39, 0.29) is 5.91 Å². The highest BCUT2D eigenvalue weighted by Crippen LogP contribution is 2.22. The number of rotatable bonds is 5. The monoisotopic (exact) mass is 372 g/mol. The SMILES string of the molecule is Cc1cc(C(=O)NCCc2ccccc2)nc(N2CCc3ccccc3C2)n1. The van der Waals surface area contributed by atoms with Gasteiger partial charge in [0.1, 0.15) is 5.69 Å². The zero-order chi connectivity index (χ0) is 19.3. The standard InChI is InChI=1S/C23H24N4O/c1-17-15-21(22(28)24-13-11-18-7-3-2-4-8-18)26-23(25-17)27-14-12-19-9-5-6-10-20(19)16-27/h2-10,15H,11-14,16H2,1H3,(H,24,28). The number of fused-ring (bicyclic) bond motifs is 1. The Bertz CT molecular complexity index is 971. The Morgan fingerprint density at radius 2 is 1.79 bits per heavy atom. The van der Waals surface area contributed by atoms with Crippen LogP contribution in [0.3, 0.4) is 0 Å². The molecule has 0 saturated heterocycles. The van der Waals surface area contributed by atoms with Crippen LogP contribution in [0.2, 0.25) is 0 Å². The van der Waals surface area contributed by atoms with Crippen LogP contribution in [-0.2, 0) is 19.4 Å². The second kappa shape index (κ2) is 8.21. The van der Waals surface area contributed by atoms with Gasteiger partial charge < -0.3 is 10.2 Å². The average molecular weight is 372 g/mol. The van der Waals surface area contributed by atoms with Gasteiger partial charge in [0.15, 0.2) is 0 Å². The molecule has 5 nitrogen and oxygen atoms in total. The minimum atomic E-state index is -0.153. The molecule has 1 aliphatic heterocycles. The molecule has 3 aromatic rings. The summed E-state index contributed by atoms with van der Waals surface area (Å²) in [5, 5.41) is 2.97. The summed E-state index contributed by atoms with van der Waals surface area (Å²) in [6, 6.07) is 20.3. The van der Waals surface area contributed by atoms with Crippen LogP contribution in [0.4, 0.5) is 5.95 Å². The Morgan fingerprint density at radius 1 is 1.04 bits per heavy atom. The lowest BCUT2D eigenvalue weighted by Crippen LogP contribution is -2.33. The minimum absolute atomic E-state index is 0.153. The topological polar surface area (TPSA) is 58.1 Å². The molecule has 0 unspecified atom stereocenters. The Morgan fingerprint density at radius 3 is 2.61 bits per heavy atom. The van der Waals surface area contributed by atoms with Crippen molar-refractivity contribution >= 4 is 11.9 Å². The van der Waals surface area contributed by atoms with Crippen LogP contribution >= 0.6 is 0 Å². The molecule has 1 aromatic heterocycles. The molecule has 0 radical (unpaired) electrons. The van der Waals surface area contributed by atoms with E-state index in [1.54, 1.807) is 6.07 Å². The average Bonchev–Trinajstić information content (AvgIpc) is 2.73. The van der Waals surface area contributed by atoms with E-state index < -0.39 is 0 Å². The van der Waals surface area contributed by atoms with Crippen molar-refractivity contribution in [1.82, 2.24) is 15.3 Å². The van der Waals surface area contributed by atoms with E-state index in [2.05, 4.69) is 56.6 Å². The molecule has 1 N–H and O–H groups in total. The van der Waals surface area contributed by atoms with Gasteiger partial charge in [0.05, 0.1) is 0 Å². The van der Waals surface area contributed by atoms with Crippen LogP contribution in [0.1, 0.15) is 32.9 Å². The number of carbonyl (C=O) groups is 1. The maximum absolute atomic E-state index is 12.6. The Labute approximate surface area is 165 Å². The number of benzene rings is 2. The summed E-state index contributed by atoms with van der Waals surface area (Å²) in [6.07, 6.45) is 1.76. The van der Waals surface area contributed by atoms with E-state index >= 15 is 0 Å². The number of amides is 1. The number of nitrogens with one attached hydrogen (secondary N) is 1. The van der Waals surface area contributed by atoms with Crippen LogP contribution in [0.15, 0.2) is 60.7 Å². The third kappa shape index (κ3) is 4.19. The molecule has 28 heavy (non-hydrogen) atoms. The number of hydrogen-bond donors (Lipinski definition) is 1. The van der Waals surface area contributed by atoms with Crippen LogP contribution < -0.4 is 10.2 Å². The van der Waals surface area contributed by atoms with E-state index in [0.717, 1.165) is 31.6 Å². The normalized spacial score (nSPS) is 13.1. The summed E-state index contributed by atoms with van der Waals surface area (Å²) in [5.74, 6) is 0.475. The molecule has 0 spiro atoms. The molecule has 4 rings (SSSR count). The third-order valence-electron chi connectivity index (χ3n) is 5.03. The molecule has 1 amide bonds. The Balaban J connectivity index is 1.44. The first-order chi connectivity index (χ1) is 13.7. The molecule has 1 aliphatic rings. The lowest BCUT2D eigenvalue weighted by molar-refractivity contribution is 0.0949. The predicted molar refractivity (Wildman–Crippen MR) is 110 cm³/mol. The third-order valence-corrected chi connectivity index (χ3v) is 5.03. The van der Waals surface area contributed by atoms with Gasteiger partial charge in [-0.2, -0.15) is 0 Å². The van der Waals surface area contributed by atoms with Gasteiger partial charge in [-0.05, 0) is 42.5 Å². The molecular formula is C23H24N4O. The number of aryl methyl sites for hydroxylation is 1. The zero-order valence-corrected chi connectivity index (χ0v) is 16.1. The lowest BCUT2D eigenvalue weighted by Gasteiger charge is -2.29. The number of anilines is 1. The fraction of sp³-hybridized carbons (Fsp3) is 0.261. The smallest absolute Gasteiger partial charge is 0.270 e. The molecule has 0 bridgehead atoms. The molecule has 5 heteroatoms. The van der Waals surface area contributed by atoms with Gasteiger partial charge in [0, 0.05) is 25.3 Å². The summed E-state index contributed by atoms with van der Waals surface area (Å²) in [4.78, 5) is 23.9. The van der Waals surface area contributed by atoms with Crippen molar-refractivity contribution in [2.45, 2.75) is 26.3 Å². The predicted octanol–water partition coefficient (Wildman–Crippen LogP) is 3.32. The van der Waals surface area contributed by atoms with Crippen molar-refractivity contribution in [3.63, 3.8) is 0 Å². The highest BCUT2D eigenvalue weighted by atomic mass is 16.1. The molecule has 2 heterocycles. The minimum Gasteiger partial charge on any atom is -0.350 e. The number of carbonyl (C=O) groups excluding carboxylic acids is 1. The first-order valence-corrected chi connectivity index (χ1v) is 9.68. The quantitative estimate of drug-likeness (QED) is 0.746. The van der Waals surface area contributed by atoms with E-state index in [9.17, 15) is 4.79 Å². The van der Waals surface area contributed by atoms with Crippen LogP contribution in [-0.4, -0.2) is 29.0 Å².